The number of nitrogens with zero attached hydrogens (tertiary/aromatic N) is 5. The van der Waals surface area contributed by atoms with Gasteiger partial charge in [-0.05, 0) is 18.2 Å². The molecular formula is C17H11ClN6. The first-order valence-corrected chi connectivity index (χ1v) is 7.57. The molecular weight excluding hydrogens is 324 g/mol. The van der Waals surface area contributed by atoms with Gasteiger partial charge in [0.1, 0.15) is 17.0 Å². The first kappa shape index (κ1) is 14.5. The molecule has 4 rings (SSSR count). The number of hydrogen-bond acceptors (Lipinski definition) is 6. The number of nitrogens with one attached hydrogen (secondary N) is 1. The zero-order chi connectivity index (χ0) is 16.4. The minimum Gasteiger partial charge on any atom is -0.338 e. The van der Waals surface area contributed by atoms with Crippen molar-refractivity contribution in [1.29, 1.82) is 0 Å². The Morgan fingerprint density at radius 2 is 1.79 bits per heavy atom. The fourth-order valence-electron chi connectivity index (χ4n) is 2.45. The lowest BCUT2D eigenvalue weighted by Gasteiger charge is -2.11. The molecule has 0 amide bonds. The second-order valence-corrected chi connectivity index (χ2v) is 5.43. The van der Waals surface area contributed by atoms with E-state index in [2.05, 4.69) is 30.2 Å². The van der Waals surface area contributed by atoms with Crippen molar-refractivity contribution in [1.82, 2.24) is 24.9 Å². The maximum Gasteiger partial charge on any atom is 0.156 e. The van der Waals surface area contributed by atoms with Gasteiger partial charge in [-0.1, -0.05) is 17.7 Å². The summed E-state index contributed by atoms with van der Waals surface area (Å²) < 4.78 is 0. The molecule has 116 valence electrons. The average molecular weight is 335 g/mol. The summed E-state index contributed by atoms with van der Waals surface area (Å²) in [6, 6.07) is 7.44. The molecule has 0 spiro atoms. The molecule has 4 aromatic rings. The van der Waals surface area contributed by atoms with Crippen molar-refractivity contribution in [2.24, 2.45) is 0 Å². The van der Waals surface area contributed by atoms with Crippen LogP contribution in [0.1, 0.15) is 0 Å². The lowest BCUT2D eigenvalue weighted by atomic mass is 10.1. The Hall–Kier alpha value is -3.12. The van der Waals surface area contributed by atoms with Crippen molar-refractivity contribution in [2.45, 2.75) is 0 Å². The van der Waals surface area contributed by atoms with E-state index in [-0.39, 0.29) is 0 Å². The number of pyridine rings is 3. The second-order valence-electron chi connectivity index (χ2n) is 5.04. The van der Waals surface area contributed by atoms with Gasteiger partial charge in [0.2, 0.25) is 0 Å². The van der Waals surface area contributed by atoms with Crippen molar-refractivity contribution in [3.05, 3.63) is 66.7 Å². The van der Waals surface area contributed by atoms with Crippen molar-refractivity contribution in [2.75, 3.05) is 5.32 Å². The highest BCUT2D eigenvalue weighted by Gasteiger charge is 2.11. The van der Waals surface area contributed by atoms with Crippen molar-refractivity contribution < 1.29 is 0 Å². The van der Waals surface area contributed by atoms with Crippen LogP contribution in [0.4, 0.5) is 11.5 Å². The molecule has 0 aliphatic rings. The molecule has 0 unspecified atom stereocenters. The molecule has 24 heavy (non-hydrogen) atoms. The van der Waals surface area contributed by atoms with E-state index in [0.717, 1.165) is 27.7 Å². The van der Waals surface area contributed by atoms with Gasteiger partial charge < -0.3 is 5.32 Å². The van der Waals surface area contributed by atoms with Gasteiger partial charge in [-0.25, -0.2) is 19.9 Å². The number of rotatable bonds is 3. The summed E-state index contributed by atoms with van der Waals surface area (Å²) >= 11 is 5.93. The molecule has 0 radical (unpaired) electrons. The van der Waals surface area contributed by atoms with Crippen LogP contribution in [0.5, 0.6) is 0 Å². The van der Waals surface area contributed by atoms with Crippen LogP contribution in [0.15, 0.2) is 61.6 Å². The number of fused-ring (bicyclic) bond motifs is 1. The normalized spacial score (nSPS) is 10.7. The Kier molecular flexibility index (Phi) is 3.72. The molecule has 0 fully saturated rings. The Labute approximate surface area is 142 Å². The van der Waals surface area contributed by atoms with E-state index in [4.69, 9.17) is 11.6 Å². The smallest absolute Gasteiger partial charge is 0.156 e. The van der Waals surface area contributed by atoms with Crippen LogP contribution in [0.2, 0.25) is 5.15 Å². The summed E-state index contributed by atoms with van der Waals surface area (Å²) in [6.45, 7) is 0. The highest BCUT2D eigenvalue weighted by Crippen LogP contribution is 2.30. The van der Waals surface area contributed by atoms with E-state index in [1.54, 1.807) is 37.1 Å². The van der Waals surface area contributed by atoms with Crippen LogP contribution in [0.25, 0.3) is 22.0 Å². The molecule has 6 nitrogen and oxygen atoms in total. The number of halogens is 1. The molecule has 4 aromatic heterocycles. The topological polar surface area (TPSA) is 76.5 Å². The Morgan fingerprint density at radius 3 is 2.62 bits per heavy atom. The lowest BCUT2D eigenvalue weighted by molar-refractivity contribution is 1.17. The first-order valence-electron chi connectivity index (χ1n) is 7.19. The SMILES string of the molecule is Clc1cc(Nc2ncc(-c3cncnc3)c3cccnc23)ccn1. The third-order valence-corrected chi connectivity index (χ3v) is 3.71. The van der Waals surface area contributed by atoms with Crippen LogP contribution in [0.3, 0.4) is 0 Å². The van der Waals surface area contributed by atoms with Gasteiger partial charge in [-0.2, -0.15) is 0 Å². The maximum atomic E-state index is 5.93. The molecule has 1 N–H and O–H groups in total. The maximum absolute atomic E-state index is 5.93. The standard InChI is InChI=1S/C17H11ClN6/c18-15-6-12(3-5-21-15)24-17-16-13(2-1-4-22-16)14(9-23-17)11-7-19-10-20-8-11/h1-10H,(H,21,23,24). The van der Waals surface area contributed by atoms with E-state index in [0.29, 0.717) is 11.0 Å². The van der Waals surface area contributed by atoms with Crippen molar-refractivity contribution in [3.8, 4) is 11.1 Å². The monoisotopic (exact) mass is 334 g/mol. The summed E-state index contributed by atoms with van der Waals surface area (Å²) in [5.41, 5.74) is 3.37. The fourth-order valence-corrected chi connectivity index (χ4v) is 2.62. The van der Waals surface area contributed by atoms with Crippen LogP contribution >= 0.6 is 11.6 Å². The van der Waals surface area contributed by atoms with Crippen molar-refractivity contribution in [3.63, 3.8) is 0 Å². The quantitative estimate of drug-likeness (QED) is 0.573. The van der Waals surface area contributed by atoms with Gasteiger partial charge in [0, 0.05) is 53.2 Å². The zero-order valence-electron chi connectivity index (χ0n) is 12.4. The number of anilines is 2. The molecule has 0 atom stereocenters. The predicted molar refractivity (Wildman–Crippen MR) is 93.1 cm³/mol. The van der Waals surface area contributed by atoms with Gasteiger partial charge in [-0.3, -0.25) is 4.98 Å². The van der Waals surface area contributed by atoms with Gasteiger partial charge in [0.15, 0.2) is 5.82 Å². The van der Waals surface area contributed by atoms with Crippen LogP contribution in [0, 0.1) is 0 Å². The van der Waals surface area contributed by atoms with Gasteiger partial charge >= 0.3 is 0 Å². The largest absolute Gasteiger partial charge is 0.338 e. The van der Waals surface area contributed by atoms with Gasteiger partial charge in [0.25, 0.3) is 0 Å². The summed E-state index contributed by atoms with van der Waals surface area (Å²) in [6.07, 6.45) is 10.2. The summed E-state index contributed by atoms with van der Waals surface area (Å²) in [5, 5.41) is 4.61. The van der Waals surface area contributed by atoms with E-state index in [1.165, 1.54) is 6.33 Å². The minimum absolute atomic E-state index is 0.412. The van der Waals surface area contributed by atoms with E-state index in [9.17, 15) is 0 Å². The predicted octanol–water partition coefficient (Wildman–Crippen LogP) is 3.88. The third kappa shape index (κ3) is 2.75. The Bertz CT molecular complexity index is 1010. The molecule has 0 saturated carbocycles. The summed E-state index contributed by atoms with van der Waals surface area (Å²) in [7, 11) is 0. The highest BCUT2D eigenvalue weighted by atomic mass is 35.5. The number of aromatic nitrogens is 5. The number of hydrogen-bond donors (Lipinski definition) is 1. The molecule has 0 bridgehead atoms. The fraction of sp³-hybridized carbons (Fsp3) is 0. The first-order chi connectivity index (χ1) is 11.8. The summed E-state index contributed by atoms with van der Waals surface area (Å²) in [4.78, 5) is 21.1. The third-order valence-electron chi connectivity index (χ3n) is 3.51. The highest BCUT2D eigenvalue weighted by molar-refractivity contribution is 6.29. The van der Waals surface area contributed by atoms with E-state index >= 15 is 0 Å². The Morgan fingerprint density at radius 1 is 0.917 bits per heavy atom. The van der Waals surface area contributed by atoms with Gasteiger partial charge in [0.05, 0.1) is 0 Å². The van der Waals surface area contributed by atoms with Crippen LogP contribution < -0.4 is 5.32 Å². The van der Waals surface area contributed by atoms with E-state index < -0.39 is 0 Å². The lowest BCUT2D eigenvalue weighted by Crippen LogP contribution is -1.98. The molecule has 0 aromatic carbocycles. The van der Waals surface area contributed by atoms with Crippen molar-refractivity contribution >= 4 is 34.0 Å². The Balaban J connectivity index is 1.84. The second kappa shape index (κ2) is 6.17. The molecule has 0 saturated heterocycles. The van der Waals surface area contributed by atoms with Crippen LogP contribution in [-0.2, 0) is 0 Å². The van der Waals surface area contributed by atoms with Crippen LogP contribution in [-0.4, -0.2) is 24.9 Å². The molecule has 4 heterocycles. The van der Waals surface area contributed by atoms with Gasteiger partial charge in [-0.15, -0.1) is 0 Å². The zero-order valence-corrected chi connectivity index (χ0v) is 13.1. The molecule has 0 aliphatic heterocycles. The molecule has 0 aliphatic carbocycles. The summed E-state index contributed by atoms with van der Waals surface area (Å²) in [5.74, 6) is 0.647. The molecule has 7 heteroatoms. The minimum atomic E-state index is 0.412. The van der Waals surface area contributed by atoms with E-state index in [1.807, 2.05) is 18.2 Å². The average Bonchev–Trinajstić information content (AvgIpc) is 2.63.